The van der Waals surface area contributed by atoms with Crippen molar-refractivity contribution in [1.82, 2.24) is 4.98 Å². The van der Waals surface area contributed by atoms with Gasteiger partial charge in [-0.15, -0.1) is 0 Å². The molecule has 0 bridgehead atoms. The fourth-order valence-corrected chi connectivity index (χ4v) is 3.26. The van der Waals surface area contributed by atoms with Gasteiger partial charge in [0.05, 0.1) is 7.11 Å². The molecule has 0 fully saturated rings. The first kappa shape index (κ1) is 10.7. The van der Waals surface area contributed by atoms with Crippen LogP contribution >= 0.6 is 11.8 Å². The molecule has 0 amide bonds. The van der Waals surface area contributed by atoms with Crippen molar-refractivity contribution < 1.29 is 4.74 Å². The molecule has 0 saturated carbocycles. The number of aryl methyl sites for hydroxylation is 1. The molecule has 4 heteroatoms. The largest absolute Gasteiger partial charge is 0.494 e. The number of thioether (sulfide) groups is 1. The molecule has 1 aliphatic rings. The van der Waals surface area contributed by atoms with E-state index < -0.39 is 0 Å². The van der Waals surface area contributed by atoms with Gasteiger partial charge in [-0.05, 0) is 18.2 Å². The van der Waals surface area contributed by atoms with Gasteiger partial charge in [0, 0.05) is 28.1 Å². The van der Waals surface area contributed by atoms with Gasteiger partial charge >= 0.3 is 0 Å². The van der Waals surface area contributed by atoms with Crippen LogP contribution in [0.1, 0.15) is 11.3 Å². The third-order valence-electron chi connectivity index (χ3n) is 3.16. The Hall–Kier alpha value is -1.42. The Bertz CT molecular complexity index is 583. The second-order valence-corrected chi connectivity index (χ2v) is 5.21. The van der Waals surface area contributed by atoms with E-state index in [1.807, 2.05) is 30.0 Å². The third kappa shape index (κ3) is 1.63. The lowest BCUT2D eigenvalue weighted by atomic mass is 10.0. The number of methoxy groups -OCH3 is 1. The van der Waals surface area contributed by atoms with Crippen molar-refractivity contribution in [2.45, 2.75) is 12.2 Å². The summed E-state index contributed by atoms with van der Waals surface area (Å²) in [5.74, 6) is 2.90. The molecule has 3 rings (SSSR count). The van der Waals surface area contributed by atoms with Crippen LogP contribution in [-0.4, -0.2) is 17.8 Å². The van der Waals surface area contributed by atoms with E-state index in [4.69, 9.17) is 15.5 Å². The summed E-state index contributed by atoms with van der Waals surface area (Å²) in [5, 5.41) is 1.01. The van der Waals surface area contributed by atoms with Crippen molar-refractivity contribution in [3.8, 4) is 5.75 Å². The molecule has 3 nitrogen and oxygen atoms in total. The first-order chi connectivity index (χ1) is 8.31. The van der Waals surface area contributed by atoms with Crippen molar-refractivity contribution in [3.63, 3.8) is 0 Å². The Morgan fingerprint density at radius 2 is 2.29 bits per heavy atom. The monoisotopic (exact) mass is 246 g/mol. The smallest absolute Gasteiger partial charge is 0.145 e. The lowest BCUT2D eigenvalue weighted by Crippen LogP contribution is -2.09. The summed E-state index contributed by atoms with van der Waals surface area (Å²) < 4.78 is 5.35. The zero-order chi connectivity index (χ0) is 11.8. The predicted molar refractivity (Wildman–Crippen MR) is 72.6 cm³/mol. The second kappa shape index (κ2) is 4.11. The van der Waals surface area contributed by atoms with Gasteiger partial charge in [-0.3, -0.25) is 0 Å². The van der Waals surface area contributed by atoms with E-state index in [0.717, 1.165) is 46.0 Å². The highest BCUT2D eigenvalue weighted by atomic mass is 32.2. The Morgan fingerprint density at radius 3 is 3.12 bits per heavy atom. The van der Waals surface area contributed by atoms with E-state index in [-0.39, 0.29) is 0 Å². The van der Waals surface area contributed by atoms with Crippen molar-refractivity contribution in [1.29, 1.82) is 0 Å². The molecule has 0 radical (unpaired) electrons. The van der Waals surface area contributed by atoms with Gasteiger partial charge in [-0.2, -0.15) is 11.8 Å². The van der Waals surface area contributed by atoms with E-state index in [1.165, 1.54) is 5.56 Å². The van der Waals surface area contributed by atoms with Crippen LogP contribution in [0.25, 0.3) is 10.9 Å². The molecule has 17 heavy (non-hydrogen) atoms. The molecule has 0 spiro atoms. The molecule has 0 saturated heterocycles. The minimum Gasteiger partial charge on any atom is -0.494 e. The minimum atomic E-state index is 0.801. The fraction of sp³-hybridized carbons (Fsp3) is 0.308. The first-order valence-corrected chi connectivity index (χ1v) is 6.78. The van der Waals surface area contributed by atoms with E-state index >= 15 is 0 Å². The Morgan fingerprint density at radius 1 is 1.41 bits per heavy atom. The quantitative estimate of drug-likeness (QED) is 0.840. The predicted octanol–water partition coefficient (Wildman–Crippen LogP) is 2.61. The average molecular weight is 246 g/mol. The van der Waals surface area contributed by atoms with Gasteiger partial charge < -0.3 is 10.5 Å². The van der Waals surface area contributed by atoms with Gasteiger partial charge in [-0.25, -0.2) is 4.98 Å². The number of aromatic nitrogens is 1. The van der Waals surface area contributed by atoms with Gasteiger partial charge in [0.25, 0.3) is 0 Å². The number of fused-ring (bicyclic) bond motifs is 2. The highest BCUT2D eigenvalue weighted by molar-refractivity contribution is 7.98. The second-order valence-electron chi connectivity index (χ2n) is 4.11. The lowest BCUT2D eigenvalue weighted by Gasteiger charge is -2.19. The molecule has 2 aromatic rings. The highest BCUT2D eigenvalue weighted by Gasteiger charge is 2.17. The van der Waals surface area contributed by atoms with Crippen molar-refractivity contribution in [2.24, 2.45) is 0 Å². The zero-order valence-electron chi connectivity index (χ0n) is 9.69. The van der Waals surface area contributed by atoms with Crippen molar-refractivity contribution in [2.75, 3.05) is 18.6 Å². The third-order valence-corrected chi connectivity index (χ3v) is 4.14. The summed E-state index contributed by atoms with van der Waals surface area (Å²) in [7, 11) is 1.67. The molecule has 2 heterocycles. The number of para-hydroxylation sites is 1. The van der Waals surface area contributed by atoms with Crippen LogP contribution < -0.4 is 10.5 Å². The lowest BCUT2D eigenvalue weighted by molar-refractivity contribution is 0.419. The zero-order valence-corrected chi connectivity index (χ0v) is 10.5. The summed E-state index contributed by atoms with van der Waals surface area (Å²) in [6.07, 6.45) is 0.998. The molecule has 2 N–H and O–H groups in total. The summed E-state index contributed by atoms with van der Waals surface area (Å²) in [6.45, 7) is 0. The number of hydrogen-bond donors (Lipinski definition) is 1. The molecule has 0 atom stereocenters. The number of benzene rings is 1. The average Bonchev–Trinajstić information content (AvgIpc) is 2.38. The molecule has 1 aromatic heterocycles. The van der Waals surface area contributed by atoms with Crippen LogP contribution in [-0.2, 0) is 12.2 Å². The molecular formula is C13H14N2OS. The summed E-state index contributed by atoms with van der Waals surface area (Å²) >= 11 is 1.92. The fourth-order valence-electron chi connectivity index (χ4n) is 2.25. The van der Waals surface area contributed by atoms with Gasteiger partial charge in [-0.1, -0.05) is 12.1 Å². The Labute approximate surface area is 104 Å². The number of pyridine rings is 1. The number of anilines is 1. The van der Waals surface area contributed by atoms with Crippen molar-refractivity contribution >= 4 is 28.4 Å². The molecule has 0 aliphatic carbocycles. The highest BCUT2D eigenvalue weighted by Crippen LogP contribution is 2.35. The van der Waals surface area contributed by atoms with Crippen LogP contribution in [0.3, 0.4) is 0 Å². The SMILES string of the molecule is COc1cccc2c(N)c3c(nc12)CCSC3. The molecule has 1 aromatic carbocycles. The summed E-state index contributed by atoms with van der Waals surface area (Å²) in [4.78, 5) is 4.73. The number of ether oxygens (including phenoxy) is 1. The van der Waals surface area contributed by atoms with Crippen LogP contribution in [0.5, 0.6) is 5.75 Å². The summed E-state index contributed by atoms with van der Waals surface area (Å²) in [6, 6.07) is 5.90. The number of nitrogens with two attached hydrogens (primary N) is 1. The van der Waals surface area contributed by atoms with E-state index in [0.29, 0.717) is 0 Å². The standard InChI is InChI=1S/C13H14N2OS/c1-16-11-4-2-3-8-12(14)9-7-17-6-5-10(9)15-13(8)11/h2-4H,5-7H2,1H3,(H2,14,15). The van der Waals surface area contributed by atoms with Crippen LogP contribution in [0.4, 0.5) is 5.69 Å². The van der Waals surface area contributed by atoms with Crippen LogP contribution in [0.2, 0.25) is 0 Å². The van der Waals surface area contributed by atoms with Crippen molar-refractivity contribution in [3.05, 3.63) is 29.5 Å². The number of nitrogens with zero attached hydrogens (tertiary/aromatic N) is 1. The maximum atomic E-state index is 6.25. The van der Waals surface area contributed by atoms with E-state index in [9.17, 15) is 0 Å². The van der Waals surface area contributed by atoms with Gasteiger partial charge in [0.15, 0.2) is 0 Å². The topological polar surface area (TPSA) is 48.1 Å². The Kier molecular flexibility index (Phi) is 2.59. The van der Waals surface area contributed by atoms with E-state index in [2.05, 4.69) is 0 Å². The molecule has 0 unspecified atom stereocenters. The number of rotatable bonds is 1. The number of nitrogen functional groups attached to an aromatic ring is 1. The molecular weight excluding hydrogens is 232 g/mol. The summed E-state index contributed by atoms with van der Waals surface area (Å²) in [5.41, 5.74) is 10.4. The first-order valence-electron chi connectivity index (χ1n) is 5.63. The van der Waals surface area contributed by atoms with Crippen LogP contribution in [0, 0.1) is 0 Å². The minimum absolute atomic E-state index is 0.801. The molecule has 1 aliphatic heterocycles. The maximum Gasteiger partial charge on any atom is 0.145 e. The Balaban J connectivity index is 2.35. The number of hydrogen-bond acceptors (Lipinski definition) is 4. The maximum absolute atomic E-state index is 6.25. The van der Waals surface area contributed by atoms with E-state index in [1.54, 1.807) is 7.11 Å². The normalized spacial score (nSPS) is 14.6. The van der Waals surface area contributed by atoms with Gasteiger partial charge in [0.2, 0.25) is 0 Å². The molecule has 88 valence electrons. The van der Waals surface area contributed by atoms with Gasteiger partial charge in [0.1, 0.15) is 11.3 Å². The van der Waals surface area contributed by atoms with Crippen LogP contribution in [0.15, 0.2) is 18.2 Å².